The van der Waals surface area contributed by atoms with Gasteiger partial charge in [0.2, 0.25) is 0 Å². The van der Waals surface area contributed by atoms with Crippen LogP contribution in [0.5, 0.6) is 0 Å². The number of aromatic nitrogens is 2. The van der Waals surface area contributed by atoms with Crippen LogP contribution < -0.4 is 0 Å². The van der Waals surface area contributed by atoms with Crippen LogP contribution in [0.2, 0.25) is 0 Å². The summed E-state index contributed by atoms with van der Waals surface area (Å²) < 4.78 is 11.5. The molecule has 10 aromatic carbocycles. The molecule has 3 heteroatoms. The van der Waals surface area contributed by atoms with Crippen molar-refractivity contribution in [1.29, 1.82) is 0 Å². The van der Waals surface area contributed by atoms with E-state index in [0.717, 1.165) is 44.3 Å². The van der Waals surface area contributed by atoms with E-state index >= 15 is 0 Å². The highest BCUT2D eigenvalue weighted by Gasteiger charge is 2.19. The third-order valence-corrected chi connectivity index (χ3v) is 12.9. The molecule has 0 N–H and O–H groups in total. The van der Waals surface area contributed by atoms with Crippen LogP contribution in [0.4, 0.5) is 0 Å². The molecule has 63 heavy (non-hydrogen) atoms. The molecule has 0 atom stereocenters. The van der Waals surface area contributed by atoms with Crippen LogP contribution in [-0.2, 0) is 0 Å². The Balaban J connectivity index is 0.970. The number of nitrogens with zero attached hydrogens (tertiary/aromatic N) is 2. The van der Waals surface area contributed by atoms with E-state index in [2.05, 4.69) is 240 Å². The summed E-state index contributed by atoms with van der Waals surface area (Å²) in [7, 11) is 0. The molecule has 0 aliphatic carbocycles. The molecule has 0 amide bonds. The highest BCUT2D eigenvalue weighted by Crippen LogP contribution is 2.41. The minimum absolute atomic E-state index is 0.860. The van der Waals surface area contributed by atoms with Gasteiger partial charge in [0, 0.05) is 49.8 Å². The summed E-state index contributed by atoms with van der Waals surface area (Å²) in [5.41, 5.74) is 18.2. The first-order valence-electron chi connectivity index (χ1n) is 21.6. The summed E-state index contributed by atoms with van der Waals surface area (Å²) in [4.78, 5) is 0. The van der Waals surface area contributed by atoms with Gasteiger partial charge in [-0.3, -0.25) is 0 Å². The fourth-order valence-corrected chi connectivity index (χ4v) is 9.88. The smallest absolute Gasteiger partial charge is 0.137 e. The van der Waals surface area contributed by atoms with E-state index in [1.807, 2.05) is 0 Å². The van der Waals surface area contributed by atoms with Gasteiger partial charge in [-0.15, -0.1) is 0 Å². The second-order valence-electron chi connectivity index (χ2n) is 16.5. The van der Waals surface area contributed by atoms with E-state index in [1.165, 1.54) is 77.1 Å². The Hall–Kier alpha value is -8.40. The van der Waals surface area contributed by atoms with Crippen LogP contribution in [0.25, 0.3) is 121 Å². The number of fused-ring (bicyclic) bond motifs is 9. The van der Waals surface area contributed by atoms with Crippen LogP contribution in [0.1, 0.15) is 0 Å². The van der Waals surface area contributed by atoms with E-state index < -0.39 is 0 Å². The maximum Gasteiger partial charge on any atom is 0.137 e. The molecule has 0 fully saturated rings. The third-order valence-electron chi connectivity index (χ3n) is 12.9. The standard InChI is InChI=1S/C60H38N2O/c1-5-13-39(14-6-1)43-21-28-55-50(33-43)51-34-44(40-15-7-2-8-16-40)22-29-56(51)61(55)47-26-32-59-54(37-47)49-27-25-48(38-60(49)63-59)62-57-30-23-45(41-17-9-3-10-18-41)35-52(57)53-36-46(24-31-58(53)62)42-19-11-4-12-20-42/h1-38H. The molecule has 0 saturated heterocycles. The van der Waals surface area contributed by atoms with Gasteiger partial charge in [-0.25, -0.2) is 0 Å². The van der Waals surface area contributed by atoms with E-state index in [1.54, 1.807) is 0 Å². The molecule has 0 unspecified atom stereocenters. The minimum Gasteiger partial charge on any atom is -0.456 e. The fourth-order valence-electron chi connectivity index (χ4n) is 9.88. The van der Waals surface area contributed by atoms with Crippen molar-refractivity contribution in [2.45, 2.75) is 0 Å². The highest BCUT2D eigenvalue weighted by atomic mass is 16.3. The van der Waals surface area contributed by atoms with Crippen LogP contribution in [-0.4, -0.2) is 9.13 Å². The Kier molecular flexibility index (Phi) is 7.91. The zero-order chi connectivity index (χ0) is 41.4. The Morgan fingerprint density at radius 3 is 0.952 bits per heavy atom. The topological polar surface area (TPSA) is 23.0 Å². The molecule has 13 aromatic rings. The lowest BCUT2D eigenvalue weighted by molar-refractivity contribution is 0.668. The number of hydrogen-bond acceptors (Lipinski definition) is 1. The number of furan rings is 1. The number of rotatable bonds is 6. The Labute approximate surface area is 363 Å². The molecule has 0 saturated carbocycles. The summed E-state index contributed by atoms with van der Waals surface area (Å²) in [6.45, 7) is 0. The Bertz CT molecular complexity index is 3680. The van der Waals surface area contributed by atoms with Crippen molar-refractivity contribution < 1.29 is 4.42 Å². The van der Waals surface area contributed by atoms with E-state index in [-0.39, 0.29) is 0 Å². The average molecular weight is 803 g/mol. The summed E-state index contributed by atoms with van der Waals surface area (Å²) >= 11 is 0. The molecular formula is C60H38N2O. The van der Waals surface area contributed by atoms with Crippen molar-refractivity contribution in [3.63, 3.8) is 0 Å². The van der Waals surface area contributed by atoms with Gasteiger partial charge >= 0.3 is 0 Å². The maximum atomic E-state index is 6.72. The van der Waals surface area contributed by atoms with Gasteiger partial charge in [-0.2, -0.15) is 0 Å². The lowest BCUT2D eigenvalue weighted by Crippen LogP contribution is -1.94. The molecule has 3 heterocycles. The van der Waals surface area contributed by atoms with E-state index in [4.69, 9.17) is 4.42 Å². The van der Waals surface area contributed by atoms with Gasteiger partial charge in [0.25, 0.3) is 0 Å². The predicted octanol–water partition coefficient (Wildman–Crippen LogP) is 16.4. The zero-order valence-corrected chi connectivity index (χ0v) is 34.2. The number of benzene rings is 10. The number of hydrogen-bond donors (Lipinski definition) is 0. The van der Waals surface area contributed by atoms with Crippen molar-refractivity contribution in [3.8, 4) is 55.9 Å². The normalized spacial score (nSPS) is 11.8. The molecule has 0 spiro atoms. The van der Waals surface area contributed by atoms with Gasteiger partial charge < -0.3 is 13.6 Å². The second-order valence-corrected chi connectivity index (χ2v) is 16.5. The molecule has 3 aromatic heterocycles. The summed E-state index contributed by atoms with van der Waals surface area (Å²) in [6, 6.07) is 83.4. The van der Waals surface area contributed by atoms with Gasteiger partial charge in [0.1, 0.15) is 11.2 Å². The predicted molar refractivity (Wildman–Crippen MR) is 264 cm³/mol. The third kappa shape index (κ3) is 5.75. The monoisotopic (exact) mass is 802 g/mol. The lowest BCUT2D eigenvalue weighted by Gasteiger charge is -2.10. The van der Waals surface area contributed by atoms with E-state index in [0.29, 0.717) is 0 Å². The van der Waals surface area contributed by atoms with Crippen molar-refractivity contribution in [2.24, 2.45) is 0 Å². The maximum absolute atomic E-state index is 6.72. The SMILES string of the molecule is c1ccc(-c2ccc3c(c2)c2cc(-c4ccccc4)ccc2n3-c2ccc3c(c2)oc2ccc(-n4c5ccc(-c6ccccc6)cc5c5cc(-c6ccccc6)ccc54)cc23)cc1. The molecule has 13 rings (SSSR count). The van der Waals surface area contributed by atoms with E-state index in [9.17, 15) is 0 Å². The minimum atomic E-state index is 0.860. The summed E-state index contributed by atoms with van der Waals surface area (Å²) in [5, 5.41) is 7.07. The lowest BCUT2D eigenvalue weighted by atomic mass is 10.0. The largest absolute Gasteiger partial charge is 0.456 e. The fraction of sp³-hybridized carbons (Fsp3) is 0. The van der Waals surface area contributed by atoms with Crippen molar-refractivity contribution in [1.82, 2.24) is 9.13 Å². The molecule has 0 radical (unpaired) electrons. The highest BCUT2D eigenvalue weighted by molar-refractivity contribution is 6.14. The van der Waals surface area contributed by atoms with Gasteiger partial charge in [-0.05, 0) is 123 Å². The van der Waals surface area contributed by atoms with Crippen LogP contribution in [0, 0.1) is 0 Å². The first-order valence-corrected chi connectivity index (χ1v) is 21.6. The molecular weight excluding hydrogens is 765 g/mol. The first kappa shape index (κ1) is 35.4. The summed E-state index contributed by atoms with van der Waals surface area (Å²) in [6.07, 6.45) is 0. The first-order chi connectivity index (χ1) is 31.2. The van der Waals surface area contributed by atoms with Crippen LogP contribution in [0.3, 0.4) is 0 Å². The molecule has 3 nitrogen and oxygen atoms in total. The Morgan fingerprint density at radius 1 is 0.222 bits per heavy atom. The zero-order valence-electron chi connectivity index (χ0n) is 34.2. The Morgan fingerprint density at radius 2 is 0.571 bits per heavy atom. The molecule has 0 bridgehead atoms. The van der Waals surface area contributed by atoms with Gasteiger partial charge in [0.05, 0.1) is 22.1 Å². The van der Waals surface area contributed by atoms with Crippen molar-refractivity contribution in [3.05, 3.63) is 231 Å². The second kappa shape index (κ2) is 14.1. The van der Waals surface area contributed by atoms with Crippen molar-refractivity contribution in [2.75, 3.05) is 0 Å². The average Bonchev–Trinajstić information content (AvgIpc) is 4.01. The molecule has 0 aliphatic rings. The molecule has 0 aliphatic heterocycles. The van der Waals surface area contributed by atoms with Crippen LogP contribution in [0.15, 0.2) is 235 Å². The van der Waals surface area contributed by atoms with Crippen LogP contribution >= 0.6 is 0 Å². The molecule has 294 valence electrons. The summed E-state index contributed by atoms with van der Waals surface area (Å²) in [5.74, 6) is 0. The quantitative estimate of drug-likeness (QED) is 0.164. The van der Waals surface area contributed by atoms with Gasteiger partial charge in [-0.1, -0.05) is 146 Å². The van der Waals surface area contributed by atoms with Gasteiger partial charge in [0.15, 0.2) is 0 Å². The van der Waals surface area contributed by atoms with Crippen molar-refractivity contribution >= 4 is 65.6 Å².